The normalized spacial score (nSPS) is 10.3. The third-order valence-electron chi connectivity index (χ3n) is 4.59. The number of carbonyl (C=O) groups is 1. The first kappa shape index (κ1) is 18.5. The molecular formula is C23H22O4. The van der Waals surface area contributed by atoms with E-state index >= 15 is 0 Å². The molecule has 4 nitrogen and oxygen atoms in total. The molecule has 0 amide bonds. The monoisotopic (exact) mass is 362 g/mol. The molecule has 0 saturated carbocycles. The second-order valence-electron chi connectivity index (χ2n) is 6.04. The van der Waals surface area contributed by atoms with Gasteiger partial charge in [0.25, 0.3) is 0 Å². The van der Waals surface area contributed by atoms with Crippen molar-refractivity contribution in [2.45, 2.75) is 6.42 Å². The molecule has 3 rings (SSSR count). The lowest BCUT2D eigenvalue weighted by Crippen LogP contribution is -2.03. The van der Waals surface area contributed by atoms with E-state index in [1.807, 2.05) is 60.7 Å². The quantitative estimate of drug-likeness (QED) is 0.567. The van der Waals surface area contributed by atoms with Gasteiger partial charge >= 0.3 is 0 Å². The largest absolute Gasteiger partial charge is 0.496 e. The van der Waals surface area contributed by atoms with E-state index in [1.165, 1.54) is 0 Å². The van der Waals surface area contributed by atoms with Crippen LogP contribution in [0.3, 0.4) is 0 Å². The van der Waals surface area contributed by atoms with E-state index in [1.54, 1.807) is 21.3 Å². The van der Waals surface area contributed by atoms with Gasteiger partial charge in [0.05, 0.1) is 21.3 Å². The number of hydrogen-bond donors (Lipinski definition) is 0. The molecule has 0 aromatic heterocycles. The van der Waals surface area contributed by atoms with Crippen LogP contribution >= 0.6 is 0 Å². The van der Waals surface area contributed by atoms with Crippen LogP contribution in [0.2, 0.25) is 0 Å². The van der Waals surface area contributed by atoms with Crippen LogP contribution in [0.15, 0.2) is 60.7 Å². The summed E-state index contributed by atoms with van der Waals surface area (Å²) in [6.07, 6.45) is 1.39. The van der Waals surface area contributed by atoms with Crippen LogP contribution in [0.5, 0.6) is 17.2 Å². The van der Waals surface area contributed by atoms with E-state index in [0.29, 0.717) is 29.2 Å². The molecule has 0 heterocycles. The molecule has 3 aromatic rings. The lowest BCUT2D eigenvalue weighted by molar-refractivity contribution is 0.112. The van der Waals surface area contributed by atoms with Crippen molar-refractivity contribution in [3.63, 3.8) is 0 Å². The van der Waals surface area contributed by atoms with Crippen LogP contribution in [0.25, 0.3) is 11.1 Å². The van der Waals surface area contributed by atoms with E-state index in [2.05, 4.69) is 0 Å². The van der Waals surface area contributed by atoms with Gasteiger partial charge < -0.3 is 14.2 Å². The van der Waals surface area contributed by atoms with Gasteiger partial charge in [-0.3, -0.25) is 4.79 Å². The Balaban J connectivity index is 2.18. The van der Waals surface area contributed by atoms with E-state index in [4.69, 9.17) is 14.2 Å². The first-order valence-corrected chi connectivity index (χ1v) is 8.63. The summed E-state index contributed by atoms with van der Waals surface area (Å²) in [6, 6.07) is 19.4. The Morgan fingerprint density at radius 1 is 0.778 bits per heavy atom. The van der Waals surface area contributed by atoms with E-state index < -0.39 is 0 Å². The molecule has 0 aliphatic carbocycles. The summed E-state index contributed by atoms with van der Waals surface area (Å²) in [7, 11) is 4.83. The highest BCUT2D eigenvalue weighted by Crippen LogP contribution is 2.38. The Morgan fingerprint density at radius 2 is 1.44 bits per heavy atom. The summed E-state index contributed by atoms with van der Waals surface area (Å²) in [5.74, 6) is 1.97. The summed E-state index contributed by atoms with van der Waals surface area (Å²) in [6.45, 7) is 0. The molecule has 0 N–H and O–H groups in total. The molecule has 27 heavy (non-hydrogen) atoms. The molecule has 3 aromatic carbocycles. The van der Waals surface area contributed by atoms with Gasteiger partial charge in [0.2, 0.25) is 0 Å². The van der Waals surface area contributed by atoms with Crippen molar-refractivity contribution in [3.8, 4) is 28.4 Å². The van der Waals surface area contributed by atoms with Crippen molar-refractivity contribution in [2.24, 2.45) is 0 Å². The summed E-state index contributed by atoms with van der Waals surface area (Å²) in [4.78, 5) is 11.7. The Hall–Kier alpha value is -3.27. The van der Waals surface area contributed by atoms with Crippen LogP contribution in [0.4, 0.5) is 0 Å². The minimum Gasteiger partial charge on any atom is -0.496 e. The van der Waals surface area contributed by atoms with Crippen molar-refractivity contribution in [1.29, 1.82) is 0 Å². The van der Waals surface area contributed by atoms with Gasteiger partial charge in [0.15, 0.2) is 0 Å². The summed E-state index contributed by atoms with van der Waals surface area (Å²) >= 11 is 0. The van der Waals surface area contributed by atoms with Gasteiger partial charge in [-0.2, -0.15) is 0 Å². The highest BCUT2D eigenvalue weighted by atomic mass is 16.5. The van der Waals surface area contributed by atoms with Gasteiger partial charge in [-0.25, -0.2) is 0 Å². The number of methoxy groups -OCH3 is 3. The number of ether oxygens (including phenoxy) is 3. The topological polar surface area (TPSA) is 44.8 Å². The van der Waals surface area contributed by atoms with Crippen LogP contribution < -0.4 is 14.2 Å². The minimum atomic E-state index is 0.496. The van der Waals surface area contributed by atoms with Gasteiger partial charge in [0, 0.05) is 29.7 Å². The smallest absolute Gasteiger partial charge is 0.150 e. The standard InChI is InChI=1S/C23H22O4/c1-25-18-12-22(26-2)21(23(13-18)27-3)14-20-17(15-24)10-7-11-19(20)16-8-5-4-6-9-16/h4-13,15H,14H2,1-3H3. The lowest BCUT2D eigenvalue weighted by atomic mass is 9.90. The van der Waals surface area contributed by atoms with Crippen LogP contribution in [-0.4, -0.2) is 27.6 Å². The maximum Gasteiger partial charge on any atom is 0.150 e. The molecule has 0 aliphatic heterocycles. The number of rotatable bonds is 7. The summed E-state index contributed by atoms with van der Waals surface area (Å²) in [5, 5.41) is 0. The Morgan fingerprint density at radius 3 is 2.00 bits per heavy atom. The van der Waals surface area contributed by atoms with Crippen molar-refractivity contribution < 1.29 is 19.0 Å². The molecular weight excluding hydrogens is 340 g/mol. The van der Waals surface area contributed by atoms with E-state index in [0.717, 1.165) is 28.5 Å². The summed E-state index contributed by atoms with van der Waals surface area (Å²) < 4.78 is 16.5. The molecule has 4 heteroatoms. The Bertz CT molecular complexity index is 907. The average molecular weight is 362 g/mol. The van der Waals surface area contributed by atoms with Gasteiger partial charge in [0.1, 0.15) is 23.5 Å². The molecule has 0 fully saturated rings. The Kier molecular flexibility index (Phi) is 5.77. The van der Waals surface area contributed by atoms with Gasteiger partial charge in [-0.1, -0.05) is 48.5 Å². The molecule has 0 spiro atoms. The first-order chi connectivity index (χ1) is 13.2. The third kappa shape index (κ3) is 3.80. The molecule has 0 unspecified atom stereocenters. The molecule has 0 saturated heterocycles. The van der Waals surface area contributed by atoms with Gasteiger partial charge in [-0.15, -0.1) is 0 Å². The highest BCUT2D eigenvalue weighted by Gasteiger charge is 2.18. The first-order valence-electron chi connectivity index (χ1n) is 8.63. The second-order valence-corrected chi connectivity index (χ2v) is 6.04. The SMILES string of the molecule is COc1cc(OC)c(Cc2c(C=O)cccc2-c2ccccc2)c(OC)c1. The molecule has 0 bridgehead atoms. The van der Waals surface area contributed by atoms with Crippen LogP contribution in [0.1, 0.15) is 21.5 Å². The van der Waals surface area contributed by atoms with Crippen molar-refractivity contribution in [3.05, 3.63) is 77.4 Å². The molecule has 0 atom stereocenters. The van der Waals surface area contributed by atoms with Crippen molar-refractivity contribution >= 4 is 6.29 Å². The maximum atomic E-state index is 11.7. The number of aldehydes is 1. The zero-order valence-electron chi connectivity index (χ0n) is 15.7. The highest BCUT2D eigenvalue weighted by molar-refractivity contribution is 5.83. The molecule has 138 valence electrons. The average Bonchev–Trinajstić information content (AvgIpc) is 2.74. The van der Waals surface area contributed by atoms with E-state index in [9.17, 15) is 4.79 Å². The zero-order valence-corrected chi connectivity index (χ0v) is 15.7. The third-order valence-corrected chi connectivity index (χ3v) is 4.59. The van der Waals surface area contributed by atoms with Crippen LogP contribution in [-0.2, 0) is 6.42 Å². The van der Waals surface area contributed by atoms with Crippen molar-refractivity contribution in [2.75, 3.05) is 21.3 Å². The van der Waals surface area contributed by atoms with Crippen LogP contribution in [0, 0.1) is 0 Å². The number of carbonyl (C=O) groups excluding carboxylic acids is 1. The fourth-order valence-electron chi connectivity index (χ4n) is 3.23. The number of benzene rings is 3. The zero-order chi connectivity index (χ0) is 19.2. The van der Waals surface area contributed by atoms with Gasteiger partial charge in [-0.05, 0) is 16.7 Å². The fourth-order valence-corrected chi connectivity index (χ4v) is 3.23. The second kappa shape index (κ2) is 8.41. The minimum absolute atomic E-state index is 0.496. The molecule has 0 radical (unpaired) electrons. The predicted octanol–water partition coefficient (Wildman–Crippen LogP) is 4.78. The molecule has 0 aliphatic rings. The Labute approximate surface area is 159 Å². The maximum absolute atomic E-state index is 11.7. The van der Waals surface area contributed by atoms with Crippen molar-refractivity contribution in [1.82, 2.24) is 0 Å². The number of hydrogen-bond acceptors (Lipinski definition) is 4. The van der Waals surface area contributed by atoms with E-state index in [-0.39, 0.29) is 0 Å². The lowest BCUT2D eigenvalue weighted by Gasteiger charge is -2.18. The fraction of sp³-hybridized carbons (Fsp3) is 0.174. The summed E-state index contributed by atoms with van der Waals surface area (Å²) in [5.41, 5.74) is 4.52. The predicted molar refractivity (Wildman–Crippen MR) is 106 cm³/mol.